The number of nitro benzene ring substituents is 1. The van der Waals surface area contributed by atoms with Crippen molar-refractivity contribution in [1.82, 2.24) is 9.80 Å². The van der Waals surface area contributed by atoms with E-state index in [-0.39, 0.29) is 18.4 Å². The summed E-state index contributed by atoms with van der Waals surface area (Å²) >= 11 is 0. The van der Waals surface area contributed by atoms with Crippen LogP contribution in [-0.2, 0) is 11.3 Å². The van der Waals surface area contributed by atoms with Crippen LogP contribution in [0.5, 0.6) is 11.5 Å². The molecule has 2 aromatic rings. The predicted octanol–water partition coefficient (Wildman–Crippen LogP) is 2.68. The first kappa shape index (κ1) is 18.9. The van der Waals surface area contributed by atoms with Gasteiger partial charge in [0, 0.05) is 38.8 Å². The lowest BCUT2D eigenvalue weighted by atomic mass is 10.1. The SMILES string of the molecule is O=C(/C=C/c1cc2c(cc1[N+](=O)[O-])OCO2)N1CCN(Cc2ccccc2)CC1. The molecule has 150 valence electrons. The molecular weight excluding hydrogens is 374 g/mol. The van der Waals surface area contributed by atoms with E-state index in [0.29, 0.717) is 30.2 Å². The van der Waals surface area contributed by atoms with E-state index in [4.69, 9.17) is 9.47 Å². The van der Waals surface area contributed by atoms with Crippen molar-refractivity contribution in [2.75, 3.05) is 33.0 Å². The van der Waals surface area contributed by atoms with Crippen LogP contribution in [0.25, 0.3) is 6.08 Å². The molecule has 0 saturated carbocycles. The van der Waals surface area contributed by atoms with E-state index in [1.54, 1.807) is 4.90 Å². The fraction of sp³-hybridized carbons (Fsp3) is 0.286. The lowest BCUT2D eigenvalue weighted by Crippen LogP contribution is -2.47. The Morgan fingerprint density at radius 3 is 2.45 bits per heavy atom. The zero-order valence-corrected chi connectivity index (χ0v) is 15.8. The third-order valence-electron chi connectivity index (χ3n) is 5.06. The Labute approximate surface area is 168 Å². The van der Waals surface area contributed by atoms with Crippen LogP contribution in [0, 0.1) is 10.1 Å². The summed E-state index contributed by atoms with van der Waals surface area (Å²) in [5.41, 5.74) is 1.45. The molecule has 1 amide bonds. The zero-order chi connectivity index (χ0) is 20.2. The number of hydrogen-bond donors (Lipinski definition) is 0. The molecule has 0 N–H and O–H groups in total. The minimum Gasteiger partial charge on any atom is -0.454 e. The molecule has 2 heterocycles. The summed E-state index contributed by atoms with van der Waals surface area (Å²) < 4.78 is 10.5. The summed E-state index contributed by atoms with van der Waals surface area (Å²) in [4.78, 5) is 27.5. The van der Waals surface area contributed by atoms with Gasteiger partial charge in [-0.2, -0.15) is 0 Å². The Kier molecular flexibility index (Phi) is 5.44. The van der Waals surface area contributed by atoms with E-state index in [2.05, 4.69) is 17.0 Å². The lowest BCUT2D eigenvalue weighted by Gasteiger charge is -2.34. The molecule has 0 aliphatic carbocycles. The van der Waals surface area contributed by atoms with Gasteiger partial charge in [-0.05, 0) is 17.7 Å². The number of fused-ring (bicyclic) bond motifs is 1. The van der Waals surface area contributed by atoms with Gasteiger partial charge in [-0.3, -0.25) is 19.8 Å². The number of carbonyl (C=O) groups excluding carboxylic acids is 1. The van der Waals surface area contributed by atoms with E-state index in [1.807, 2.05) is 18.2 Å². The molecule has 2 aliphatic heterocycles. The average Bonchev–Trinajstić information content (AvgIpc) is 3.20. The second-order valence-corrected chi connectivity index (χ2v) is 6.94. The van der Waals surface area contributed by atoms with E-state index in [0.717, 1.165) is 19.6 Å². The maximum absolute atomic E-state index is 12.5. The molecule has 1 saturated heterocycles. The van der Waals surface area contributed by atoms with Crippen LogP contribution in [0.1, 0.15) is 11.1 Å². The second-order valence-electron chi connectivity index (χ2n) is 6.94. The standard InChI is InChI=1S/C21H21N3O5/c25-21(23-10-8-22(9-11-23)14-16-4-2-1-3-5-16)7-6-17-12-19-20(29-15-28-19)13-18(17)24(26)27/h1-7,12-13H,8-11,14-15H2/b7-6+. The van der Waals surface area contributed by atoms with Crippen molar-refractivity contribution in [3.05, 3.63) is 69.8 Å². The molecule has 0 unspecified atom stereocenters. The van der Waals surface area contributed by atoms with Crippen molar-refractivity contribution < 1.29 is 19.2 Å². The summed E-state index contributed by atoms with van der Waals surface area (Å²) in [5.74, 6) is 0.628. The Balaban J connectivity index is 1.38. The largest absolute Gasteiger partial charge is 0.454 e. The highest BCUT2D eigenvalue weighted by Crippen LogP contribution is 2.38. The molecule has 8 nitrogen and oxygen atoms in total. The maximum Gasteiger partial charge on any atom is 0.280 e. The second kappa shape index (κ2) is 8.32. The van der Waals surface area contributed by atoms with Gasteiger partial charge in [0.1, 0.15) is 0 Å². The van der Waals surface area contributed by atoms with Crippen LogP contribution in [0.4, 0.5) is 5.69 Å². The monoisotopic (exact) mass is 395 g/mol. The number of carbonyl (C=O) groups is 1. The predicted molar refractivity (Wildman–Crippen MR) is 107 cm³/mol. The number of benzene rings is 2. The van der Waals surface area contributed by atoms with Crippen LogP contribution in [0.15, 0.2) is 48.5 Å². The van der Waals surface area contributed by atoms with E-state index < -0.39 is 4.92 Å². The Hall–Kier alpha value is -3.39. The van der Waals surface area contributed by atoms with Crippen molar-refractivity contribution in [1.29, 1.82) is 0 Å². The Morgan fingerprint density at radius 2 is 1.76 bits per heavy atom. The first-order valence-corrected chi connectivity index (χ1v) is 9.41. The lowest BCUT2D eigenvalue weighted by molar-refractivity contribution is -0.385. The molecular formula is C21H21N3O5. The molecule has 0 aromatic heterocycles. The highest BCUT2D eigenvalue weighted by Gasteiger charge is 2.23. The number of nitrogens with zero attached hydrogens (tertiary/aromatic N) is 3. The normalized spacial score (nSPS) is 16.3. The topological polar surface area (TPSA) is 85.1 Å². The van der Waals surface area contributed by atoms with Crippen molar-refractivity contribution in [3.63, 3.8) is 0 Å². The number of rotatable bonds is 5. The quantitative estimate of drug-likeness (QED) is 0.440. The van der Waals surface area contributed by atoms with Crippen molar-refractivity contribution in [3.8, 4) is 11.5 Å². The third-order valence-corrected chi connectivity index (χ3v) is 5.06. The number of ether oxygens (including phenoxy) is 2. The molecule has 4 rings (SSSR count). The number of hydrogen-bond acceptors (Lipinski definition) is 6. The minimum absolute atomic E-state index is 0.0336. The molecule has 8 heteroatoms. The third kappa shape index (κ3) is 4.38. The van der Waals surface area contributed by atoms with Crippen LogP contribution >= 0.6 is 0 Å². The number of amides is 1. The molecule has 0 atom stereocenters. The molecule has 29 heavy (non-hydrogen) atoms. The molecule has 2 aliphatic rings. The van der Waals surface area contributed by atoms with E-state index in [9.17, 15) is 14.9 Å². The maximum atomic E-state index is 12.5. The van der Waals surface area contributed by atoms with Crippen molar-refractivity contribution in [2.45, 2.75) is 6.54 Å². The van der Waals surface area contributed by atoms with Gasteiger partial charge in [0.25, 0.3) is 5.69 Å². The summed E-state index contributed by atoms with van der Waals surface area (Å²) in [6, 6.07) is 13.1. The molecule has 0 bridgehead atoms. The van der Waals surface area contributed by atoms with E-state index >= 15 is 0 Å². The molecule has 0 spiro atoms. The van der Waals surface area contributed by atoms with Gasteiger partial charge >= 0.3 is 0 Å². The summed E-state index contributed by atoms with van der Waals surface area (Å²) in [6.45, 7) is 3.73. The van der Waals surface area contributed by atoms with Gasteiger partial charge in [-0.1, -0.05) is 30.3 Å². The fourth-order valence-electron chi connectivity index (χ4n) is 3.47. The van der Waals surface area contributed by atoms with Crippen molar-refractivity contribution >= 4 is 17.7 Å². The van der Waals surface area contributed by atoms with Gasteiger partial charge in [0.2, 0.25) is 12.7 Å². The van der Waals surface area contributed by atoms with Crippen LogP contribution in [0.3, 0.4) is 0 Å². The highest BCUT2D eigenvalue weighted by molar-refractivity contribution is 5.92. The van der Waals surface area contributed by atoms with Gasteiger partial charge in [0.05, 0.1) is 16.6 Å². The van der Waals surface area contributed by atoms with Crippen LogP contribution < -0.4 is 9.47 Å². The average molecular weight is 395 g/mol. The molecule has 0 radical (unpaired) electrons. The highest BCUT2D eigenvalue weighted by atomic mass is 16.7. The van der Waals surface area contributed by atoms with Gasteiger partial charge in [0.15, 0.2) is 11.5 Å². The zero-order valence-electron chi connectivity index (χ0n) is 15.8. The summed E-state index contributed by atoms with van der Waals surface area (Å²) in [5, 5.41) is 11.3. The molecule has 2 aromatic carbocycles. The number of nitro groups is 1. The number of piperazine rings is 1. The first-order valence-electron chi connectivity index (χ1n) is 9.41. The van der Waals surface area contributed by atoms with Gasteiger partial charge in [-0.25, -0.2) is 0 Å². The first-order chi connectivity index (χ1) is 14.1. The van der Waals surface area contributed by atoms with Crippen LogP contribution in [0.2, 0.25) is 0 Å². The smallest absolute Gasteiger partial charge is 0.280 e. The summed E-state index contributed by atoms with van der Waals surface area (Å²) in [6.07, 6.45) is 2.86. The molecule has 1 fully saturated rings. The van der Waals surface area contributed by atoms with Crippen molar-refractivity contribution in [2.24, 2.45) is 0 Å². The van der Waals surface area contributed by atoms with Gasteiger partial charge < -0.3 is 14.4 Å². The van der Waals surface area contributed by atoms with Crippen LogP contribution in [-0.4, -0.2) is 53.6 Å². The van der Waals surface area contributed by atoms with Gasteiger partial charge in [-0.15, -0.1) is 0 Å². The van der Waals surface area contributed by atoms with E-state index in [1.165, 1.54) is 29.8 Å². The summed E-state index contributed by atoms with van der Waals surface area (Å²) in [7, 11) is 0. The Morgan fingerprint density at radius 1 is 1.07 bits per heavy atom. The Bertz CT molecular complexity index is 937. The fourth-order valence-corrected chi connectivity index (χ4v) is 3.47. The minimum atomic E-state index is -0.492.